The highest BCUT2D eigenvalue weighted by Crippen LogP contribution is 2.43. The van der Waals surface area contributed by atoms with E-state index < -0.39 is 5.97 Å². The lowest BCUT2D eigenvalue weighted by atomic mass is 9.85. The van der Waals surface area contributed by atoms with Crippen molar-refractivity contribution in [3.8, 4) is 28.4 Å². The van der Waals surface area contributed by atoms with Gasteiger partial charge in [-0.15, -0.1) is 0 Å². The van der Waals surface area contributed by atoms with E-state index in [1.165, 1.54) is 24.5 Å². The van der Waals surface area contributed by atoms with Gasteiger partial charge in [-0.05, 0) is 80.8 Å². The first-order valence-corrected chi connectivity index (χ1v) is 13.0. The van der Waals surface area contributed by atoms with Gasteiger partial charge in [-0.3, -0.25) is 4.98 Å². The zero-order valence-corrected chi connectivity index (χ0v) is 23.2. The Hall–Kier alpha value is -4.65. The molecule has 0 spiro atoms. The van der Waals surface area contributed by atoms with Crippen molar-refractivity contribution in [1.82, 2.24) is 4.98 Å². The Morgan fingerprint density at radius 3 is 2.45 bits per heavy atom. The number of aromatic nitrogens is 1. The van der Waals surface area contributed by atoms with E-state index in [9.17, 15) is 9.18 Å². The van der Waals surface area contributed by atoms with Crippen molar-refractivity contribution in [3.63, 3.8) is 0 Å². The second-order valence-electron chi connectivity index (χ2n) is 10.4. The van der Waals surface area contributed by atoms with E-state index in [4.69, 9.17) is 14.2 Å². The topological polar surface area (TPSA) is 69.7 Å². The van der Waals surface area contributed by atoms with Crippen molar-refractivity contribution in [3.05, 3.63) is 107 Å². The number of anilines is 1. The number of carbonyl (C=O) groups excluding carboxylic acids is 1. The van der Waals surface area contributed by atoms with E-state index in [1.54, 1.807) is 37.4 Å². The normalized spacial score (nSPS) is 13.5. The molecule has 0 saturated carbocycles. The number of hydrogen-bond acceptors (Lipinski definition) is 6. The van der Waals surface area contributed by atoms with Gasteiger partial charge in [-0.2, -0.15) is 0 Å². The molecule has 40 heavy (non-hydrogen) atoms. The summed E-state index contributed by atoms with van der Waals surface area (Å²) in [5, 5.41) is 3.59. The van der Waals surface area contributed by atoms with E-state index in [2.05, 4.69) is 43.2 Å². The Morgan fingerprint density at radius 1 is 0.950 bits per heavy atom. The summed E-state index contributed by atoms with van der Waals surface area (Å²) in [6.07, 6.45) is 5.27. The van der Waals surface area contributed by atoms with Crippen LogP contribution in [0.25, 0.3) is 16.7 Å². The number of esters is 1. The molecule has 0 radical (unpaired) electrons. The number of rotatable bonds is 7. The van der Waals surface area contributed by atoms with E-state index in [1.807, 2.05) is 19.1 Å². The van der Waals surface area contributed by atoms with Gasteiger partial charge in [-0.25, -0.2) is 9.18 Å². The number of carbonyl (C=O) groups is 1. The number of hydrogen-bond donors (Lipinski definition) is 1. The fourth-order valence-electron chi connectivity index (χ4n) is 5.09. The molecule has 0 atom stereocenters. The molecule has 0 amide bonds. The third-order valence-electron chi connectivity index (χ3n) is 6.85. The monoisotopic (exact) mass is 538 g/mol. The molecule has 0 unspecified atom stereocenters. The third-order valence-corrected chi connectivity index (χ3v) is 6.85. The van der Waals surface area contributed by atoms with E-state index in [0.29, 0.717) is 22.8 Å². The van der Waals surface area contributed by atoms with Crippen LogP contribution >= 0.6 is 0 Å². The Morgan fingerprint density at radius 2 is 1.70 bits per heavy atom. The molecule has 1 aliphatic heterocycles. The summed E-state index contributed by atoms with van der Waals surface area (Å²) in [4.78, 5) is 16.5. The van der Waals surface area contributed by atoms with Crippen LogP contribution in [-0.4, -0.2) is 23.6 Å². The average Bonchev–Trinajstić information content (AvgIpc) is 2.93. The summed E-state index contributed by atoms with van der Waals surface area (Å²) in [5.41, 5.74) is 6.79. The first kappa shape index (κ1) is 26.9. The van der Waals surface area contributed by atoms with Gasteiger partial charge in [0.2, 0.25) is 0 Å². The third kappa shape index (κ3) is 5.54. The molecular formula is C33H31FN2O4. The molecular weight excluding hydrogens is 507 g/mol. The molecule has 0 fully saturated rings. The van der Waals surface area contributed by atoms with Crippen LogP contribution in [0.4, 0.5) is 10.1 Å². The quantitative estimate of drug-likeness (QED) is 0.193. The number of nitrogens with one attached hydrogen (secondary N) is 1. The smallest absolute Gasteiger partial charge is 0.343 e. The fourth-order valence-corrected chi connectivity index (χ4v) is 5.09. The van der Waals surface area contributed by atoms with Crippen LogP contribution in [0, 0.1) is 12.7 Å². The van der Waals surface area contributed by atoms with Crippen LogP contribution in [0.15, 0.2) is 79.1 Å². The van der Waals surface area contributed by atoms with Crippen LogP contribution in [0.1, 0.15) is 47.8 Å². The molecule has 2 heterocycles. The number of nitrogens with zero attached hydrogens (tertiary/aromatic N) is 1. The molecule has 0 bridgehead atoms. The predicted molar refractivity (Wildman–Crippen MR) is 154 cm³/mol. The van der Waals surface area contributed by atoms with Gasteiger partial charge in [0.05, 0.1) is 18.2 Å². The first-order chi connectivity index (χ1) is 19.1. The molecule has 1 N–H and O–H groups in total. The first-order valence-electron chi connectivity index (χ1n) is 13.0. The van der Waals surface area contributed by atoms with E-state index in [0.717, 1.165) is 39.1 Å². The lowest BCUT2D eigenvalue weighted by molar-refractivity contribution is 0.0734. The molecule has 1 aromatic heterocycles. The lowest BCUT2D eigenvalue weighted by Crippen LogP contribution is -2.32. The van der Waals surface area contributed by atoms with Crippen LogP contribution in [-0.2, 0) is 6.61 Å². The minimum Gasteiger partial charge on any atom is -0.496 e. The highest BCUT2D eigenvalue weighted by atomic mass is 19.1. The average molecular weight is 539 g/mol. The minimum absolute atomic E-state index is 0.206. The van der Waals surface area contributed by atoms with Crippen molar-refractivity contribution in [1.29, 1.82) is 0 Å². The maximum atomic E-state index is 14.0. The van der Waals surface area contributed by atoms with Crippen molar-refractivity contribution in [2.45, 2.75) is 39.8 Å². The molecule has 7 heteroatoms. The van der Waals surface area contributed by atoms with Gasteiger partial charge in [0.15, 0.2) is 0 Å². The van der Waals surface area contributed by atoms with Gasteiger partial charge >= 0.3 is 5.97 Å². The number of fused-ring (bicyclic) bond motifs is 1. The summed E-state index contributed by atoms with van der Waals surface area (Å²) in [6, 6.07) is 17.1. The van der Waals surface area contributed by atoms with Crippen LogP contribution < -0.4 is 19.5 Å². The Labute approximate surface area is 233 Å². The van der Waals surface area contributed by atoms with Crippen molar-refractivity contribution >= 4 is 17.2 Å². The van der Waals surface area contributed by atoms with Crippen molar-refractivity contribution in [2.24, 2.45) is 0 Å². The lowest BCUT2D eigenvalue weighted by Gasteiger charge is -2.33. The Balaban J connectivity index is 1.56. The number of halogens is 1. The Bertz CT molecular complexity index is 1610. The molecule has 6 nitrogen and oxygen atoms in total. The number of benzene rings is 3. The number of ether oxygens (including phenoxy) is 3. The summed E-state index contributed by atoms with van der Waals surface area (Å²) >= 11 is 0. The fraction of sp³-hybridized carbons (Fsp3) is 0.212. The zero-order valence-electron chi connectivity index (χ0n) is 23.2. The highest BCUT2D eigenvalue weighted by Gasteiger charge is 2.27. The summed E-state index contributed by atoms with van der Waals surface area (Å²) in [5.74, 6) is 0.538. The molecule has 4 aromatic rings. The second kappa shape index (κ2) is 10.8. The largest absolute Gasteiger partial charge is 0.496 e. The van der Waals surface area contributed by atoms with Gasteiger partial charge in [-0.1, -0.05) is 18.2 Å². The maximum absolute atomic E-state index is 14.0. The van der Waals surface area contributed by atoms with Gasteiger partial charge in [0.25, 0.3) is 0 Å². The van der Waals surface area contributed by atoms with Crippen molar-refractivity contribution in [2.75, 3.05) is 12.4 Å². The molecule has 0 saturated heterocycles. The molecule has 1 aliphatic rings. The molecule has 5 rings (SSSR count). The zero-order chi connectivity index (χ0) is 28.4. The van der Waals surface area contributed by atoms with Gasteiger partial charge in [0.1, 0.15) is 29.7 Å². The number of aryl methyl sites for hydroxylation is 1. The standard InChI is InChI=1S/C33H31FN2O4/c1-20-6-7-23(34)16-29(20)39-19-27-25(10-11-28-31(27)21(2)18-33(3,4)36-28)26-9-8-24(17-30(26)38-5)40-32(37)22-12-14-35-15-13-22/h6-18,36H,19H2,1-5H3. The second-order valence-corrected chi connectivity index (χ2v) is 10.4. The van der Waals surface area contributed by atoms with Crippen LogP contribution in [0.5, 0.6) is 17.2 Å². The van der Waals surface area contributed by atoms with Gasteiger partial charge in [0, 0.05) is 46.9 Å². The summed E-state index contributed by atoms with van der Waals surface area (Å²) in [6.45, 7) is 8.42. The molecule has 0 aliphatic carbocycles. The summed E-state index contributed by atoms with van der Waals surface area (Å²) < 4.78 is 31.6. The number of methoxy groups -OCH3 is 1. The molecule has 204 valence electrons. The number of allylic oxidation sites excluding steroid dienone is 1. The predicted octanol–water partition coefficient (Wildman–Crippen LogP) is 7.61. The van der Waals surface area contributed by atoms with E-state index in [-0.39, 0.29) is 18.0 Å². The van der Waals surface area contributed by atoms with Crippen molar-refractivity contribution < 1.29 is 23.4 Å². The summed E-state index contributed by atoms with van der Waals surface area (Å²) in [7, 11) is 1.58. The SMILES string of the molecule is COc1cc(OC(=O)c2ccncc2)ccc1-c1ccc2c(c1COc1cc(F)ccc1C)C(C)=CC(C)(C)N2. The molecule has 3 aromatic carbocycles. The van der Waals surface area contributed by atoms with Crippen LogP contribution in [0.2, 0.25) is 0 Å². The van der Waals surface area contributed by atoms with Gasteiger partial charge < -0.3 is 19.5 Å². The van der Waals surface area contributed by atoms with Crippen LogP contribution in [0.3, 0.4) is 0 Å². The maximum Gasteiger partial charge on any atom is 0.343 e. The minimum atomic E-state index is -0.486. The van der Waals surface area contributed by atoms with E-state index >= 15 is 0 Å². The Kier molecular flexibility index (Phi) is 7.30. The highest BCUT2D eigenvalue weighted by molar-refractivity contribution is 5.91. The number of pyridine rings is 1.